The van der Waals surface area contributed by atoms with E-state index in [-0.39, 0.29) is 63.4 Å². The Kier molecular flexibility index (Phi) is 9.26. The number of likely N-dealkylation sites (N-methyl/N-ethyl adjacent to an activating group) is 1. The molecule has 0 bridgehead atoms. The third kappa shape index (κ3) is 5.15. The SMILES string of the molecule is [CH2-]CN([CH-]C(C)=O)C(=O)[C@@H]1CCCN1C(=O)CNC.[Y]. The van der Waals surface area contributed by atoms with Crippen LogP contribution in [0.4, 0.5) is 0 Å². The Bertz CT molecular complexity index is 363. The summed E-state index contributed by atoms with van der Waals surface area (Å²) in [4.78, 5) is 38.2. The first-order valence-electron chi connectivity index (χ1n) is 6.40. The van der Waals surface area contributed by atoms with Crippen molar-refractivity contribution in [3.8, 4) is 0 Å². The molecule has 6 nitrogen and oxygen atoms in total. The smallest absolute Gasteiger partial charge is 0.237 e. The number of amides is 2. The van der Waals surface area contributed by atoms with Crippen molar-refractivity contribution in [1.82, 2.24) is 15.1 Å². The zero-order valence-corrected chi connectivity index (χ0v) is 14.9. The Labute approximate surface area is 145 Å². The fraction of sp³-hybridized carbons (Fsp3) is 0.615. The number of Topliss-reactive ketones (excluding diaryl/α,β-unsaturated/α-hetero) is 1. The van der Waals surface area contributed by atoms with E-state index in [4.69, 9.17) is 0 Å². The summed E-state index contributed by atoms with van der Waals surface area (Å²) in [5.41, 5.74) is 0. The van der Waals surface area contributed by atoms with Crippen molar-refractivity contribution in [2.75, 3.05) is 26.7 Å². The molecule has 1 N–H and O–H groups in total. The molecule has 0 aromatic carbocycles. The summed E-state index contributed by atoms with van der Waals surface area (Å²) < 4.78 is 0. The van der Waals surface area contributed by atoms with Gasteiger partial charge in [-0.15, -0.1) is 6.54 Å². The van der Waals surface area contributed by atoms with Crippen molar-refractivity contribution in [1.29, 1.82) is 0 Å². The fourth-order valence-electron chi connectivity index (χ4n) is 2.22. The number of ketones is 1. The minimum atomic E-state index is -0.474. The molecule has 1 aliphatic rings. The first-order valence-corrected chi connectivity index (χ1v) is 6.40. The van der Waals surface area contributed by atoms with Crippen LogP contribution in [0.5, 0.6) is 0 Å². The van der Waals surface area contributed by atoms with E-state index >= 15 is 0 Å². The Balaban J connectivity index is 0.00000361. The number of nitrogens with zero attached hydrogens (tertiary/aromatic N) is 2. The molecule has 1 fully saturated rings. The molecule has 111 valence electrons. The summed E-state index contributed by atoms with van der Waals surface area (Å²) in [6, 6.07) is -0.474. The Morgan fingerprint density at radius 3 is 2.60 bits per heavy atom. The molecule has 0 saturated carbocycles. The van der Waals surface area contributed by atoms with Crippen molar-refractivity contribution in [3.05, 3.63) is 13.5 Å². The minimum absolute atomic E-state index is 0. The fourth-order valence-corrected chi connectivity index (χ4v) is 2.22. The van der Waals surface area contributed by atoms with Crippen LogP contribution in [0.2, 0.25) is 0 Å². The molecule has 1 heterocycles. The summed E-state index contributed by atoms with van der Waals surface area (Å²) in [5.74, 6) is -0.527. The number of nitrogens with one attached hydrogen (secondary N) is 1. The van der Waals surface area contributed by atoms with Gasteiger partial charge >= 0.3 is 0 Å². The van der Waals surface area contributed by atoms with E-state index in [0.717, 1.165) is 6.42 Å². The van der Waals surface area contributed by atoms with Crippen LogP contribution in [0.25, 0.3) is 0 Å². The second-order valence-corrected chi connectivity index (χ2v) is 4.55. The maximum absolute atomic E-state index is 12.3. The Morgan fingerprint density at radius 1 is 1.45 bits per heavy atom. The summed E-state index contributed by atoms with van der Waals surface area (Å²) >= 11 is 0. The van der Waals surface area contributed by atoms with Gasteiger partial charge in [0.2, 0.25) is 11.8 Å². The summed E-state index contributed by atoms with van der Waals surface area (Å²) in [6.45, 7) is 7.25. The molecule has 0 aromatic heterocycles. The van der Waals surface area contributed by atoms with Gasteiger partial charge in [-0.1, -0.05) is 0 Å². The zero-order valence-electron chi connectivity index (χ0n) is 12.1. The van der Waals surface area contributed by atoms with Crippen LogP contribution in [-0.2, 0) is 47.1 Å². The van der Waals surface area contributed by atoms with Crippen molar-refractivity contribution in [2.24, 2.45) is 0 Å². The zero-order chi connectivity index (χ0) is 14.4. The van der Waals surface area contributed by atoms with Gasteiger partial charge in [0.25, 0.3) is 0 Å². The third-order valence-electron chi connectivity index (χ3n) is 3.05. The quantitative estimate of drug-likeness (QED) is 0.658. The average molecular weight is 356 g/mol. The van der Waals surface area contributed by atoms with Crippen LogP contribution >= 0.6 is 0 Å². The molecule has 0 aromatic rings. The molecule has 0 unspecified atom stereocenters. The molecule has 1 atom stereocenters. The topological polar surface area (TPSA) is 69.7 Å². The van der Waals surface area contributed by atoms with Crippen molar-refractivity contribution in [3.63, 3.8) is 0 Å². The van der Waals surface area contributed by atoms with Crippen LogP contribution in [0, 0.1) is 13.5 Å². The van der Waals surface area contributed by atoms with Crippen LogP contribution in [0.3, 0.4) is 0 Å². The summed E-state index contributed by atoms with van der Waals surface area (Å²) in [6.07, 6.45) is 1.44. The van der Waals surface area contributed by atoms with Crippen molar-refractivity contribution < 1.29 is 47.1 Å². The van der Waals surface area contributed by atoms with Gasteiger partial charge in [0.15, 0.2) is 0 Å². The Hall–Kier alpha value is -0.456. The second kappa shape index (κ2) is 9.47. The average Bonchev–Trinajstić information content (AvgIpc) is 2.84. The van der Waals surface area contributed by atoms with Gasteiger partial charge in [-0.2, -0.15) is 0 Å². The number of carbonyl (C=O) groups excluding carboxylic acids is 3. The van der Waals surface area contributed by atoms with Gasteiger partial charge < -0.3 is 26.8 Å². The molecule has 20 heavy (non-hydrogen) atoms. The van der Waals surface area contributed by atoms with E-state index in [0.29, 0.717) is 13.0 Å². The molecule has 0 aliphatic carbocycles. The van der Waals surface area contributed by atoms with Gasteiger partial charge in [-0.25, -0.2) is 6.54 Å². The predicted octanol–water partition coefficient (Wildman–Crippen LogP) is -0.392. The number of rotatable bonds is 6. The van der Waals surface area contributed by atoms with Crippen LogP contribution in [0.15, 0.2) is 0 Å². The van der Waals surface area contributed by atoms with Gasteiger partial charge in [0.1, 0.15) is 6.04 Å². The van der Waals surface area contributed by atoms with Crippen LogP contribution in [-0.4, -0.2) is 60.1 Å². The van der Waals surface area contributed by atoms with Gasteiger partial charge in [0.05, 0.1) is 6.54 Å². The van der Waals surface area contributed by atoms with Crippen molar-refractivity contribution >= 4 is 17.6 Å². The van der Waals surface area contributed by atoms with Crippen LogP contribution < -0.4 is 5.32 Å². The van der Waals surface area contributed by atoms with E-state index in [1.807, 2.05) is 0 Å². The number of carbonyl (C=O) groups is 3. The third-order valence-corrected chi connectivity index (χ3v) is 3.05. The summed E-state index contributed by atoms with van der Waals surface area (Å²) in [7, 11) is 1.69. The Morgan fingerprint density at radius 2 is 2.10 bits per heavy atom. The molecule has 7 heteroatoms. The second-order valence-electron chi connectivity index (χ2n) is 4.55. The van der Waals surface area contributed by atoms with E-state index in [1.165, 1.54) is 18.4 Å². The standard InChI is InChI=1S/C13H21N3O3.Y/c1-4-15(9-10(2)17)13(19)11-6-5-7-16(11)12(18)8-14-3;/h9,11,14H,1,4-8H2,2-3H3;/q-2;/t11-;/m0./s1. The molecule has 0 spiro atoms. The van der Waals surface area contributed by atoms with Crippen molar-refractivity contribution in [2.45, 2.75) is 25.8 Å². The normalized spacial score (nSPS) is 17.4. The van der Waals surface area contributed by atoms with Gasteiger partial charge in [-0.05, 0) is 26.8 Å². The molecule has 1 rings (SSSR count). The van der Waals surface area contributed by atoms with Crippen LogP contribution in [0.1, 0.15) is 19.8 Å². The summed E-state index contributed by atoms with van der Waals surface area (Å²) in [5, 5.41) is 2.79. The van der Waals surface area contributed by atoms with E-state index < -0.39 is 6.04 Å². The first-order chi connectivity index (χ1) is 9.01. The molecule has 1 aliphatic heterocycles. The van der Waals surface area contributed by atoms with E-state index in [1.54, 1.807) is 11.9 Å². The monoisotopic (exact) mass is 356 g/mol. The maximum Gasteiger partial charge on any atom is 0.237 e. The molecular weight excluding hydrogens is 335 g/mol. The number of hydrogen-bond acceptors (Lipinski definition) is 4. The number of hydrogen-bond donors (Lipinski definition) is 1. The first kappa shape index (κ1) is 19.5. The molecular formula is C13H21N3O3Y-2. The number of likely N-dealkylation sites (tertiary alicyclic amines) is 1. The van der Waals surface area contributed by atoms with E-state index in [9.17, 15) is 14.4 Å². The maximum atomic E-state index is 12.3. The molecule has 1 saturated heterocycles. The molecule has 2 amide bonds. The molecule has 1 radical (unpaired) electrons. The van der Waals surface area contributed by atoms with Gasteiger partial charge in [0, 0.05) is 45.0 Å². The predicted molar refractivity (Wildman–Crippen MR) is 70.7 cm³/mol. The largest absolute Gasteiger partial charge is 0.495 e. The minimum Gasteiger partial charge on any atom is -0.495 e. The van der Waals surface area contributed by atoms with E-state index in [2.05, 4.69) is 12.2 Å². The van der Waals surface area contributed by atoms with Gasteiger partial charge in [-0.3, -0.25) is 9.59 Å².